The first-order valence-electron chi connectivity index (χ1n) is 2.93. The average Bonchev–Trinajstić information content (AvgIpc) is 1.95. The minimum absolute atomic E-state index is 0.0231. The zero-order valence-corrected chi connectivity index (χ0v) is 5.41. The van der Waals surface area contributed by atoms with Crippen molar-refractivity contribution in [1.29, 1.82) is 0 Å². The van der Waals surface area contributed by atoms with Crippen molar-refractivity contribution in [2.24, 2.45) is 0 Å². The first kappa shape index (κ1) is 6.89. The summed E-state index contributed by atoms with van der Waals surface area (Å²) in [4.78, 5) is 0. The van der Waals surface area contributed by atoms with Crippen LogP contribution in [-0.4, -0.2) is 10.2 Å². The van der Waals surface area contributed by atoms with Gasteiger partial charge in [0.2, 0.25) is 0 Å². The van der Waals surface area contributed by atoms with E-state index in [9.17, 15) is 0 Å². The minimum Gasteiger partial charge on any atom is -0.505 e. The Morgan fingerprint density at radius 1 is 1.40 bits per heavy atom. The molecule has 0 aromatic heterocycles. The van der Waals surface area contributed by atoms with Crippen molar-refractivity contribution >= 4 is 5.69 Å². The van der Waals surface area contributed by atoms with Crippen molar-refractivity contribution < 1.29 is 10.2 Å². The molecule has 0 aliphatic rings. The van der Waals surface area contributed by atoms with Gasteiger partial charge in [-0.1, -0.05) is 12.1 Å². The van der Waals surface area contributed by atoms with Crippen LogP contribution in [0.1, 0.15) is 5.56 Å². The Morgan fingerprint density at radius 2 is 2.10 bits per heavy atom. The number of phenols is 1. The molecule has 0 spiro atoms. The number of nitrogens with two attached hydrogens (primary N) is 1. The molecule has 0 unspecified atom stereocenters. The van der Waals surface area contributed by atoms with Gasteiger partial charge in [-0.2, -0.15) is 0 Å². The molecular weight excluding hydrogens is 130 g/mol. The monoisotopic (exact) mass is 139 g/mol. The third-order valence-electron chi connectivity index (χ3n) is 1.32. The summed E-state index contributed by atoms with van der Waals surface area (Å²) in [5, 5.41) is 17.7. The molecule has 0 saturated carbocycles. The molecule has 1 aromatic rings. The third kappa shape index (κ3) is 1.04. The number of benzene rings is 1. The van der Waals surface area contributed by atoms with Crippen molar-refractivity contribution in [1.82, 2.24) is 0 Å². The number of anilines is 1. The van der Waals surface area contributed by atoms with Crippen LogP contribution in [0.5, 0.6) is 5.75 Å². The average molecular weight is 139 g/mol. The van der Waals surface area contributed by atoms with Crippen LogP contribution in [0.4, 0.5) is 5.69 Å². The Labute approximate surface area is 58.7 Å². The Morgan fingerprint density at radius 3 is 2.60 bits per heavy atom. The van der Waals surface area contributed by atoms with Crippen molar-refractivity contribution in [2.75, 3.05) is 5.73 Å². The zero-order valence-electron chi connectivity index (χ0n) is 5.41. The van der Waals surface area contributed by atoms with Crippen molar-refractivity contribution in [3.8, 4) is 5.75 Å². The van der Waals surface area contributed by atoms with E-state index in [0.29, 0.717) is 11.3 Å². The van der Waals surface area contributed by atoms with Crippen molar-refractivity contribution in [3.05, 3.63) is 23.8 Å². The van der Waals surface area contributed by atoms with Crippen LogP contribution in [0.2, 0.25) is 0 Å². The zero-order chi connectivity index (χ0) is 7.56. The maximum Gasteiger partial charge on any atom is 0.143 e. The van der Waals surface area contributed by atoms with Crippen LogP contribution in [0.25, 0.3) is 0 Å². The van der Waals surface area contributed by atoms with E-state index in [1.165, 1.54) is 0 Å². The van der Waals surface area contributed by atoms with Gasteiger partial charge in [0.05, 0.1) is 12.3 Å². The van der Waals surface area contributed by atoms with E-state index < -0.39 is 0 Å². The quantitative estimate of drug-likeness (QED) is 0.391. The molecule has 10 heavy (non-hydrogen) atoms. The molecule has 0 amide bonds. The van der Waals surface area contributed by atoms with Crippen LogP contribution in [0.3, 0.4) is 0 Å². The number of rotatable bonds is 1. The number of hydrogen-bond donors (Lipinski definition) is 3. The number of nitrogen functional groups attached to an aromatic ring is 1. The molecule has 3 nitrogen and oxygen atoms in total. The van der Waals surface area contributed by atoms with Crippen molar-refractivity contribution in [3.63, 3.8) is 0 Å². The Hall–Kier alpha value is -1.22. The van der Waals surface area contributed by atoms with Gasteiger partial charge in [-0.05, 0) is 6.07 Å². The van der Waals surface area contributed by atoms with Crippen LogP contribution in [0.15, 0.2) is 18.2 Å². The Balaban J connectivity index is 3.14. The normalized spacial score (nSPS) is 9.70. The summed E-state index contributed by atoms with van der Waals surface area (Å²) in [5.41, 5.74) is 6.09. The number of aliphatic hydroxyl groups is 1. The van der Waals surface area contributed by atoms with E-state index in [-0.39, 0.29) is 12.4 Å². The molecule has 0 radical (unpaired) electrons. The molecule has 0 atom stereocenters. The maximum atomic E-state index is 9.11. The van der Waals surface area contributed by atoms with Crippen LogP contribution < -0.4 is 5.73 Å². The highest BCUT2D eigenvalue weighted by Gasteiger charge is 2.00. The van der Waals surface area contributed by atoms with Crippen LogP contribution in [0, 0.1) is 0 Å². The second kappa shape index (κ2) is 2.58. The number of para-hydroxylation sites is 1. The summed E-state index contributed by atoms with van der Waals surface area (Å²) in [6.45, 7) is -0.184. The van der Waals surface area contributed by atoms with Gasteiger partial charge in [0.25, 0.3) is 0 Å². The second-order valence-electron chi connectivity index (χ2n) is 2.01. The lowest BCUT2D eigenvalue weighted by Gasteiger charge is -2.01. The highest BCUT2D eigenvalue weighted by atomic mass is 16.3. The first-order valence-corrected chi connectivity index (χ1v) is 2.93. The highest BCUT2D eigenvalue weighted by molar-refractivity contribution is 5.55. The van der Waals surface area contributed by atoms with Gasteiger partial charge in [0.15, 0.2) is 0 Å². The molecular formula is C7H9NO2. The fraction of sp³-hybridized carbons (Fsp3) is 0.143. The Kier molecular flexibility index (Phi) is 1.78. The van der Waals surface area contributed by atoms with E-state index in [1.807, 2.05) is 0 Å². The molecule has 54 valence electrons. The van der Waals surface area contributed by atoms with Gasteiger partial charge in [-0.3, -0.25) is 0 Å². The molecule has 1 aromatic carbocycles. The van der Waals surface area contributed by atoms with E-state index >= 15 is 0 Å². The molecule has 3 heteroatoms. The van der Waals surface area contributed by atoms with Crippen molar-refractivity contribution in [2.45, 2.75) is 6.61 Å². The molecule has 1 rings (SSSR count). The fourth-order valence-corrected chi connectivity index (χ4v) is 0.739. The topological polar surface area (TPSA) is 66.5 Å². The highest BCUT2D eigenvalue weighted by Crippen LogP contribution is 2.23. The standard InChI is InChI=1S/C7H9NO2/c8-6-3-1-2-5(4-9)7(6)10/h1-3,9-10H,4,8H2. The van der Waals surface area contributed by atoms with Gasteiger partial charge < -0.3 is 15.9 Å². The van der Waals surface area contributed by atoms with Crippen LogP contribution >= 0.6 is 0 Å². The van der Waals surface area contributed by atoms with E-state index in [2.05, 4.69) is 0 Å². The van der Waals surface area contributed by atoms with E-state index in [0.717, 1.165) is 0 Å². The van der Waals surface area contributed by atoms with Crippen LogP contribution in [-0.2, 0) is 6.61 Å². The first-order chi connectivity index (χ1) is 4.75. The summed E-state index contributed by atoms with van der Waals surface area (Å²) in [6.07, 6.45) is 0. The van der Waals surface area contributed by atoms with Gasteiger partial charge in [0.1, 0.15) is 5.75 Å². The predicted molar refractivity (Wildman–Crippen MR) is 38.4 cm³/mol. The SMILES string of the molecule is Nc1cccc(CO)c1O. The second-order valence-corrected chi connectivity index (χ2v) is 2.01. The fourth-order valence-electron chi connectivity index (χ4n) is 0.739. The molecule has 0 aliphatic heterocycles. The lowest BCUT2D eigenvalue weighted by atomic mass is 10.2. The maximum absolute atomic E-state index is 9.11. The molecule has 0 aliphatic carbocycles. The lowest BCUT2D eigenvalue weighted by Crippen LogP contribution is -1.89. The molecule has 4 N–H and O–H groups in total. The summed E-state index contributed by atoms with van der Waals surface area (Å²) in [5.74, 6) is -0.0231. The molecule has 0 fully saturated rings. The minimum atomic E-state index is -0.184. The van der Waals surface area contributed by atoms with Gasteiger partial charge in [0, 0.05) is 5.56 Å². The summed E-state index contributed by atoms with van der Waals surface area (Å²) < 4.78 is 0. The predicted octanol–water partition coefficient (Wildman–Crippen LogP) is 0.467. The Bertz CT molecular complexity index is 235. The summed E-state index contributed by atoms with van der Waals surface area (Å²) >= 11 is 0. The number of aliphatic hydroxyl groups excluding tert-OH is 1. The summed E-state index contributed by atoms with van der Waals surface area (Å²) in [6, 6.07) is 4.88. The van der Waals surface area contributed by atoms with E-state index in [4.69, 9.17) is 15.9 Å². The van der Waals surface area contributed by atoms with Gasteiger partial charge in [-0.25, -0.2) is 0 Å². The van der Waals surface area contributed by atoms with Gasteiger partial charge in [-0.15, -0.1) is 0 Å². The number of aromatic hydroxyl groups is 1. The molecule has 0 heterocycles. The van der Waals surface area contributed by atoms with Gasteiger partial charge >= 0.3 is 0 Å². The summed E-state index contributed by atoms with van der Waals surface area (Å²) in [7, 11) is 0. The van der Waals surface area contributed by atoms with E-state index in [1.54, 1.807) is 18.2 Å². The lowest BCUT2D eigenvalue weighted by molar-refractivity contribution is 0.276. The molecule has 0 saturated heterocycles. The smallest absolute Gasteiger partial charge is 0.143 e. The third-order valence-corrected chi connectivity index (χ3v) is 1.32. The largest absolute Gasteiger partial charge is 0.505 e. The molecule has 0 bridgehead atoms. The number of hydrogen-bond acceptors (Lipinski definition) is 3.